The largest absolute Gasteiger partial charge is 0.598 e. The third-order valence-electron chi connectivity index (χ3n) is 4.95. The van der Waals surface area contributed by atoms with Gasteiger partial charge in [0.2, 0.25) is 0 Å². The second kappa shape index (κ2) is 11.1. The molecule has 0 bridgehead atoms. The summed E-state index contributed by atoms with van der Waals surface area (Å²) in [5.74, 6) is 1.94. The average Bonchev–Trinajstić information content (AvgIpc) is 2.73. The van der Waals surface area contributed by atoms with Crippen LogP contribution in [0.1, 0.15) is 31.4 Å². The van der Waals surface area contributed by atoms with Crippen LogP contribution in [0.4, 0.5) is 0 Å². The van der Waals surface area contributed by atoms with Crippen LogP contribution in [0.25, 0.3) is 0 Å². The Hall–Kier alpha value is -1.95. The maximum Gasteiger partial charge on any atom is 0.135 e. The van der Waals surface area contributed by atoms with E-state index in [4.69, 9.17) is 9.47 Å². The van der Waals surface area contributed by atoms with Gasteiger partial charge >= 0.3 is 0 Å². The van der Waals surface area contributed by atoms with Gasteiger partial charge in [-0.1, -0.05) is 37.3 Å². The molecule has 0 heterocycles. The van der Waals surface area contributed by atoms with Crippen molar-refractivity contribution in [3.8, 4) is 11.5 Å². The van der Waals surface area contributed by atoms with Crippen molar-refractivity contribution >= 4 is 11.4 Å². The van der Waals surface area contributed by atoms with E-state index in [0.717, 1.165) is 29.0 Å². The summed E-state index contributed by atoms with van der Waals surface area (Å²) in [5, 5.41) is 0.0366. The molecule has 0 spiro atoms. The second-order valence-corrected chi connectivity index (χ2v) is 8.79. The molecule has 0 radical (unpaired) electrons. The standard InChI is InChI=1S/C23H31NO3S/c1-6-7-18(2)19(3)28(25)24(16-20-8-12-22(26-4)13-9-20)17-21-10-14-23(27-5)15-11-21/h6,8-15,18-19H,1,7,16-17H2,2-5H3/t18-,19+,28?/m1/s1. The van der Waals surface area contributed by atoms with Crippen molar-refractivity contribution in [1.82, 2.24) is 4.31 Å². The quantitative estimate of drug-likeness (QED) is 0.394. The third-order valence-corrected chi connectivity index (χ3v) is 6.82. The van der Waals surface area contributed by atoms with Gasteiger partial charge in [-0.05, 0) is 48.7 Å². The van der Waals surface area contributed by atoms with Crippen molar-refractivity contribution in [2.24, 2.45) is 5.92 Å². The molecule has 0 aromatic heterocycles. The molecule has 0 saturated heterocycles. The number of hydrogen-bond acceptors (Lipinski definition) is 4. The van der Waals surface area contributed by atoms with Gasteiger partial charge in [0, 0.05) is 17.3 Å². The number of nitrogens with zero attached hydrogens (tertiary/aromatic N) is 1. The molecule has 1 unspecified atom stereocenters. The third kappa shape index (κ3) is 6.30. The molecule has 2 aromatic carbocycles. The first-order chi connectivity index (χ1) is 13.5. The highest BCUT2D eigenvalue weighted by atomic mass is 32.2. The zero-order valence-electron chi connectivity index (χ0n) is 17.3. The Balaban J connectivity index is 2.20. The molecular formula is C23H31NO3S. The molecule has 0 aliphatic carbocycles. The Morgan fingerprint density at radius 2 is 1.36 bits per heavy atom. The Labute approximate surface area is 172 Å². The van der Waals surface area contributed by atoms with Crippen LogP contribution in [0.15, 0.2) is 61.2 Å². The van der Waals surface area contributed by atoms with Crippen LogP contribution in [0.3, 0.4) is 0 Å². The SMILES string of the molecule is C=CC[C@@H](C)[C@H](C)[S+]([O-])N(Cc1ccc(OC)cc1)Cc1ccc(OC)cc1. The molecule has 2 rings (SSSR count). The zero-order chi connectivity index (χ0) is 20.5. The summed E-state index contributed by atoms with van der Waals surface area (Å²) in [4.78, 5) is 0. The van der Waals surface area contributed by atoms with Crippen LogP contribution in [0, 0.1) is 5.92 Å². The van der Waals surface area contributed by atoms with Gasteiger partial charge in [0.25, 0.3) is 0 Å². The van der Waals surface area contributed by atoms with Crippen LogP contribution >= 0.6 is 0 Å². The highest BCUT2D eigenvalue weighted by molar-refractivity contribution is 7.89. The minimum atomic E-state index is -1.13. The molecule has 5 heteroatoms. The molecule has 152 valence electrons. The molecule has 0 fully saturated rings. The zero-order valence-corrected chi connectivity index (χ0v) is 18.1. The monoisotopic (exact) mass is 401 g/mol. The van der Waals surface area contributed by atoms with E-state index in [1.807, 2.05) is 58.9 Å². The molecule has 0 aliphatic rings. The first-order valence-electron chi connectivity index (χ1n) is 9.50. The van der Waals surface area contributed by atoms with Gasteiger partial charge in [0.1, 0.15) is 16.7 Å². The average molecular weight is 402 g/mol. The number of methoxy groups -OCH3 is 2. The van der Waals surface area contributed by atoms with Crippen molar-refractivity contribution in [2.45, 2.75) is 38.6 Å². The van der Waals surface area contributed by atoms with E-state index < -0.39 is 11.4 Å². The summed E-state index contributed by atoms with van der Waals surface area (Å²) in [6, 6.07) is 15.8. The molecule has 0 N–H and O–H groups in total. The molecule has 0 saturated carbocycles. The summed E-state index contributed by atoms with van der Waals surface area (Å²) in [7, 11) is 3.31. The van der Waals surface area contributed by atoms with Crippen molar-refractivity contribution in [1.29, 1.82) is 0 Å². The van der Waals surface area contributed by atoms with E-state index in [0.29, 0.717) is 19.0 Å². The van der Waals surface area contributed by atoms with Crippen molar-refractivity contribution in [3.05, 3.63) is 72.3 Å². The molecule has 3 atom stereocenters. The predicted octanol–water partition coefficient (Wildman–Crippen LogP) is 4.97. The van der Waals surface area contributed by atoms with Gasteiger partial charge in [0.15, 0.2) is 0 Å². The Bertz CT molecular complexity index is 668. The van der Waals surface area contributed by atoms with Gasteiger partial charge in [-0.3, -0.25) is 0 Å². The number of hydrogen-bond donors (Lipinski definition) is 0. The number of benzene rings is 2. The topological polar surface area (TPSA) is 44.8 Å². The van der Waals surface area contributed by atoms with Gasteiger partial charge in [-0.25, -0.2) is 0 Å². The van der Waals surface area contributed by atoms with Gasteiger partial charge in [-0.2, -0.15) is 0 Å². The fourth-order valence-electron chi connectivity index (χ4n) is 2.94. The predicted molar refractivity (Wildman–Crippen MR) is 117 cm³/mol. The van der Waals surface area contributed by atoms with Crippen molar-refractivity contribution in [3.63, 3.8) is 0 Å². The second-order valence-electron chi connectivity index (χ2n) is 6.98. The number of rotatable bonds is 11. The lowest BCUT2D eigenvalue weighted by molar-refractivity contribution is 0.381. The molecular weight excluding hydrogens is 370 g/mol. The minimum absolute atomic E-state index is 0.0366. The summed E-state index contributed by atoms with van der Waals surface area (Å²) >= 11 is -1.13. The highest BCUT2D eigenvalue weighted by Crippen LogP contribution is 2.25. The molecule has 4 nitrogen and oxygen atoms in total. The molecule has 0 aliphatic heterocycles. The van der Waals surface area contributed by atoms with E-state index >= 15 is 0 Å². The van der Waals surface area contributed by atoms with E-state index in [1.165, 1.54) is 0 Å². The lowest BCUT2D eigenvalue weighted by Gasteiger charge is -2.31. The Morgan fingerprint density at radius 3 is 1.71 bits per heavy atom. The van der Waals surface area contributed by atoms with E-state index in [2.05, 4.69) is 20.4 Å². The van der Waals surface area contributed by atoms with Crippen molar-refractivity contribution < 1.29 is 14.0 Å². The Kier molecular flexibility index (Phi) is 8.90. The normalized spacial score (nSPS) is 14.4. The van der Waals surface area contributed by atoms with Gasteiger partial charge in [0.05, 0.1) is 27.3 Å². The maximum absolute atomic E-state index is 13.4. The Morgan fingerprint density at radius 1 is 0.929 bits per heavy atom. The number of ether oxygens (including phenoxy) is 2. The van der Waals surface area contributed by atoms with E-state index in [9.17, 15) is 4.55 Å². The minimum Gasteiger partial charge on any atom is -0.598 e. The summed E-state index contributed by atoms with van der Waals surface area (Å²) in [5.41, 5.74) is 2.21. The smallest absolute Gasteiger partial charge is 0.135 e. The molecule has 2 aromatic rings. The van der Waals surface area contributed by atoms with Crippen LogP contribution in [-0.2, 0) is 24.5 Å². The summed E-state index contributed by atoms with van der Waals surface area (Å²) < 4.78 is 25.9. The van der Waals surface area contributed by atoms with Crippen LogP contribution in [0.5, 0.6) is 11.5 Å². The first kappa shape index (κ1) is 22.3. The number of allylic oxidation sites excluding steroid dienone is 1. The van der Waals surface area contributed by atoms with Gasteiger partial charge in [-0.15, -0.1) is 10.9 Å². The van der Waals surface area contributed by atoms with Crippen LogP contribution in [0.2, 0.25) is 0 Å². The van der Waals surface area contributed by atoms with Crippen LogP contribution in [-0.4, -0.2) is 28.3 Å². The summed E-state index contributed by atoms with van der Waals surface area (Å²) in [6.07, 6.45) is 2.75. The van der Waals surface area contributed by atoms with Crippen molar-refractivity contribution in [2.75, 3.05) is 14.2 Å². The highest BCUT2D eigenvalue weighted by Gasteiger charge is 2.30. The molecule has 28 heavy (non-hydrogen) atoms. The molecule has 0 amide bonds. The van der Waals surface area contributed by atoms with Crippen LogP contribution < -0.4 is 9.47 Å². The maximum atomic E-state index is 13.4. The van der Waals surface area contributed by atoms with Gasteiger partial charge < -0.3 is 14.0 Å². The lowest BCUT2D eigenvalue weighted by Crippen LogP contribution is -2.39. The van der Waals surface area contributed by atoms with E-state index in [1.54, 1.807) is 14.2 Å². The fourth-order valence-corrected chi connectivity index (χ4v) is 4.47. The summed E-state index contributed by atoms with van der Waals surface area (Å²) in [6.45, 7) is 9.21. The fraction of sp³-hybridized carbons (Fsp3) is 0.391. The lowest BCUT2D eigenvalue weighted by atomic mass is 10.1. The first-order valence-corrected chi connectivity index (χ1v) is 10.7. The van der Waals surface area contributed by atoms with E-state index in [-0.39, 0.29) is 5.25 Å².